The Bertz CT molecular complexity index is 585. The van der Waals surface area contributed by atoms with Gasteiger partial charge in [-0.05, 0) is 24.3 Å². The van der Waals surface area contributed by atoms with Crippen LogP contribution in [0, 0.1) is 22.7 Å². The Balaban J connectivity index is 2.28. The highest BCUT2D eigenvalue weighted by Crippen LogP contribution is 2.16. The number of aromatic nitrogens is 2. The second-order valence-corrected chi connectivity index (χ2v) is 3.43. The fourth-order valence-electron chi connectivity index (χ4n) is 1.40. The van der Waals surface area contributed by atoms with Gasteiger partial charge in [-0.2, -0.15) is 20.7 Å². The molecule has 0 saturated carbocycles. The van der Waals surface area contributed by atoms with Crippen molar-refractivity contribution < 1.29 is 0 Å². The van der Waals surface area contributed by atoms with Crippen molar-refractivity contribution in [2.75, 3.05) is 0 Å². The van der Waals surface area contributed by atoms with E-state index >= 15 is 0 Å². The number of hydrogen-bond donors (Lipinski definition) is 0. The second-order valence-electron chi connectivity index (χ2n) is 3.43. The van der Waals surface area contributed by atoms with Crippen molar-refractivity contribution in [3.05, 3.63) is 47.7 Å². The third-order valence-electron chi connectivity index (χ3n) is 2.29. The molecule has 0 unspecified atom stereocenters. The first-order valence-electron chi connectivity index (χ1n) is 5.03. The van der Waals surface area contributed by atoms with Crippen LogP contribution in [0.2, 0.25) is 0 Å². The summed E-state index contributed by atoms with van der Waals surface area (Å²) in [6.07, 6.45) is 0.265. The molecule has 0 spiro atoms. The van der Waals surface area contributed by atoms with Crippen LogP contribution < -0.4 is 0 Å². The number of nitriles is 2. The molecule has 4 nitrogen and oxygen atoms in total. The minimum atomic E-state index is 0.265. The van der Waals surface area contributed by atoms with Gasteiger partial charge in [0.25, 0.3) is 0 Å². The molecule has 0 amide bonds. The highest BCUT2D eigenvalue weighted by atomic mass is 15.1. The monoisotopic (exact) mass is 220 g/mol. The number of rotatable bonds is 2. The molecule has 1 heterocycles. The molecule has 1 aromatic heterocycles. The molecule has 80 valence electrons. The average Bonchev–Trinajstić information content (AvgIpc) is 2.40. The van der Waals surface area contributed by atoms with Crippen LogP contribution >= 0.6 is 0 Å². The van der Waals surface area contributed by atoms with E-state index in [1.165, 1.54) is 0 Å². The van der Waals surface area contributed by atoms with Gasteiger partial charge in [-0.15, -0.1) is 0 Å². The largest absolute Gasteiger partial charge is 0.198 e. The summed E-state index contributed by atoms with van der Waals surface area (Å²) in [5.41, 5.74) is 2.91. The second kappa shape index (κ2) is 4.87. The van der Waals surface area contributed by atoms with E-state index in [1.54, 1.807) is 18.2 Å². The summed E-state index contributed by atoms with van der Waals surface area (Å²) in [7, 11) is 0. The average molecular weight is 220 g/mol. The number of nitrogens with zero attached hydrogens (tertiary/aromatic N) is 4. The molecule has 1 aromatic carbocycles. The van der Waals surface area contributed by atoms with E-state index in [2.05, 4.69) is 16.3 Å². The zero-order valence-corrected chi connectivity index (χ0v) is 8.96. The number of benzene rings is 1. The molecule has 0 aliphatic carbocycles. The van der Waals surface area contributed by atoms with Crippen LogP contribution in [0.3, 0.4) is 0 Å². The van der Waals surface area contributed by atoms with Crippen LogP contribution in [-0.2, 0) is 6.42 Å². The fraction of sp³-hybridized carbons (Fsp3) is 0.0769. The zero-order chi connectivity index (χ0) is 12.1. The minimum absolute atomic E-state index is 0.265. The predicted molar refractivity (Wildman–Crippen MR) is 61.5 cm³/mol. The van der Waals surface area contributed by atoms with Gasteiger partial charge in [0.05, 0.1) is 35.5 Å². The molecule has 0 atom stereocenters. The summed E-state index contributed by atoms with van der Waals surface area (Å²) in [6.45, 7) is 0. The Morgan fingerprint density at radius 1 is 0.941 bits per heavy atom. The van der Waals surface area contributed by atoms with E-state index in [0.717, 1.165) is 11.3 Å². The summed E-state index contributed by atoms with van der Waals surface area (Å²) >= 11 is 0. The highest BCUT2D eigenvalue weighted by molar-refractivity contribution is 5.59. The van der Waals surface area contributed by atoms with E-state index in [9.17, 15) is 0 Å². The van der Waals surface area contributed by atoms with Crippen molar-refractivity contribution in [3.63, 3.8) is 0 Å². The summed E-state index contributed by atoms with van der Waals surface area (Å²) in [4.78, 5) is 0. The fourth-order valence-corrected chi connectivity index (χ4v) is 1.40. The first-order chi connectivity index (χ1) is 8.33. The van der Waals surface area contributed by atoms with Crippen molar-refractivity contribution in [2.24, 2.45) is 0 Å². The quantitative estimate of drug-likeness (QED) is 0.776. The van der Waals surface area contributed by atoms with Gasteiger partial charge in [0.2, 0.25) is 0 Å². The van der Waals surface area contributed by atoms with Crippen molar-refractivity contribution in [1.82, 2.24) is 10.2 Å². The van der Waals surface area contributed by atoms with Gasteiger partial charge >= 0.3 is 0 Å². The minimum Gasteiger partial charge on any atom is -0.198 e. The van der Waals surface area contributed by atoms with Gasteiger partial charge in [-0.1, -0.05) is 12.1 Å². The van der Waals surface area contributed by atoms with E-state index in [-0.39, 0.29) is 6.42 Å². The van der Waals surface area contributed by atoms with Gasteiger partial charge in [0, 0.05) is 5.56 Å². The van der Waals surface area contributed by atoms with Crippen LogP contribution in [-0.4, -0.2) is 10.2 Å². The summed E-state index contributed by atoms with van der Waals surface area (Å²) < 4.78 is 0. The van der Waals surface area contributed by atoms with Crippen molar-refractivity contribution in [1.29, 1.82) is 10.5 Å². The smallest absolute Gasteiger partial charge is 0.0991 e. The van der Waals surface area contributed by atoms with E-state index < -0.39 is 0 Å². The van der Waals surface area contributed by atoms with Crippen LogP contribution in [0.4, 0.5) is 0 Å². The molecule has 0 radical (unpaired) electrons. The summed E-state index contributed by atoms with van der Waals surface area (Å²) in [6, 6.07) is 14.8. The molecule has 4 heteroatoms. The first-order valence-corrected chi connectivity index (χ1v) is 5.03. The van der Waals surface area contributed by atoms with Crippen LogP contribution in [0.5, 0.6) is 0 Å². The molecule has 0 bridgehead atoms. The van der Waals surface area contributed by atoms with Crippen molar-refractivity contribution >= 4 is 0 Å². The van der Waals surface area contributed by atoms with Crippen molar-refractivity contribution in [2.45, 2.75) is 6.42 Å². The lowest BCUT2D eigenvalue weighted by molar-refractivity contribution is 0.957. The van der Waals surface area contributed by atoms with Gasteiger partial charge in [0.1, 0.15) is 0 Å². The number of hydrogen-bond acceptors (Lipinski definition) is 4. The molecule has 0 fully saturated rings. The zero-order valence-electron chi connectivity index (χ0n) is 8.96. The molecular formula is C13H8N4. The third kappa shape index (κ3) is 2.45. The van der Waals surface area contributed by atoms with E-state index in [1.807, 2.05) is 24.3 Å². The van der Waals surface area contributed by atoms with Crippen molar-refractivity contribution in [3.8, 4) is 23.4 Å². The predicted octanol–water partition coefficient (Wildman–Crippen LogP) is 2.08. The van der Waals surface area contributed by atoms with Crippen LogP contribution in [0.25, 0.3) is 11.3 Å². The molecule has 0 aliphatic rings. The molecule has 17 heavy (non-hydrogen) atoms. The Labute approximate surface area is 98.8 Å². The van der Waals surface area contributed by atoms with Crippen LogP contribution in [0.1, 0.15) is 11.3 Å². The Kier molecular flexibility index (Phi) is 3.09. The maximum atomic E-state index is 8.69. The molecule has 2 aromatic rings. The van der Waals surface area contributed by atoms with E-state index in [4.69, 9.17) is 10.5 Å². The Morgan fingerprint density at radius 3 is 2.24 bits per heavy atom. The lowest BCUT2D eigenvalue weighted by Crippen LogP contribution is -1.93. The van der Waals surface area contributed by atoms with Crippen LogP contribution in [0.15, 0.2) is 36.4 Å². The summed E-state index contributed by atoms with van der Waals surface area (Å²) in [5, 5.41) is 25.2. The SMILES string of the molecule is N#CCc1ccc(-c2ccc(C#N)cc2)nn1. The van der Waals surface area contributed by atoms with Gasteiger partial charge in [-0.25, -0.2) is 0 Å². The maximum Gasteiger partial charge on any atom is 0.0991 e. The third-order valence-corrected chi connectivity index (χ3v) is 2.29. The lowest BCUT2D eigenvalue weighted by Gasteiger charge is -2.00. The lowest BCUT2D eigenvalue weighted by atomic mass is 10.1. The molecule has 0 saturated heterocycles. The molecule has 2 rings (SSSR count). The molecule has 0 N–H and O–H groups in total. The van der Waals surface area contributed by atoms with Gasteiger partial charge in [-0.3, -0.25) is 0 Å². The first kappa shape index (κ1) is 10.8. The molecule has 0 aliphatic heterocycles. The highest BCUT2D eigenvalue weighted by Gasteiger charge is 2.01. The van der Waals surface area contributed by atoms with E-state index in [0.29, 0.717) is 11.3 Å². The Hall–Kier alpha value is -2.72. The normalized spacial score (nSPS) is 9.29. The Morgan fingerprint density at radius 2 is 1.71 bits per heavy atom. The summed E-state index contributed by atoms with van der Waals surface area (Å²) in [5.74, 6) is 0. The van der Waals surface area contributed by atoms with Gasteiger partial charge in [0.15, 0.2) is 0 Å². The standard InChI is InChI=1S/C13H8N4/c14-8-7-12-5-6-13(17-16-12)11-3-1-10(9-15)2-4-11/h1-6H,7H2. The van der Waals surface area contributed by atoms with Gasteiger partial charge < -0.3 is 0 Å². The molecular weight excluding hydrogens is 212 g/mol. The maximum absolute atomic E-state index is 8.69. The topological polar surface area (TPSA) is 73.4 Å².